The van der Waals surface area contributed by atoms with Crippen molar-refractivity contribution in [1.82, 2.24) is 5.32 Å². The number of phenolic OH excluding ortho intramolecular Hbond substituents is 1. The van der Waals surface area contributed by atoms with Crippen molar-refractivity contribution < 1.29 is 19.4 Å². The highest BCUT2D eigenvalue weighted by molar-refractivity contribution is 6.02. The molecule has 0 spiro atoms. The van der Waals surface area contributed by atoms with E-state index in [0.717, 1.165) is 0 Å². The molecule has 6 heteroatoms. The summed E-state index contributed by atoms with van der Waals surface area (Å²) in [7, 11) is 0. The maximum atomic E-state index is 12.0. The number of hydrogen-bond acceptors (Lipinski definition) is 4. The van der Waals surface area contributed by atoms with Gasteiger partial charge in [-0.3, -0.25) is 4.90 Å². The van der Waals surface area contributed by atoms with E-state index < -0.39 is 5.97 Å². The maximum absolute atomic E-state index is 12.0. The van der Waals surface area contributed by atoms with Gasteiger partial charge in [0.15, 0.2) is 0 Å². The molecule has 6 nitrogen and oxygen atoms in total. The average molecular weight is 276 g/mol. The molecule has 1 aliphatic heterocycles. The molecule has 0 saturated carbocycles. The van der Waals surface area contributed by atoms with Gasteiger partial charge in [-0.05, 0) is 38.1 Å². The fraction of sp³-hybridized carbons (Fsp3) is 0.286. The van der Waals surface area contributed by atoms with E-state index in [1.165, 1.54) is 17.0 Å². The largest absolute Gasteiger partial charge is 0.508 e. The van der Waals surface area contributed by atoms with Crippen molar-refractivity contribution in [2.24, 2.45) is 0 Å². The van der Waals surface area contributed by atoms with E-state index in [4.69, 9.17) is 4.74 Å². The van der Waals surface area contributed by atoms with Crippen molar-refractivity contribution >= 4 is 17.7 Å². The number of nitrogens with zero attached hydrogens (tertiary/aromatic N) is 1. The van der Waals surface area contributed by atoms with E-state index >= 15 is 0 Å². The van der Waals surface area contributed by atoms with E-state index in [0.29, 0.717) is 17.0 Å². The quantitative estimate of drug-likeness (QED) is 0.824. The predicted molar refractivity (Wildman–Crippen MR) is 73.3 cm³/mol. The molecular formula is C14H16N2O4. The number of esters is 1. The summed E-state index contributed by atoms with van der Waals surface area (Å²) in [6, 6.07) is 5.85. The van der Waals surface area contributed by atoms with Crippen LogP contribution in [0.3, 0.4) is 0 Å². The summed E-state index contributed by atoms with van der Waals surface area (Å²) in [5.41, 5.74) is 1.51. The summed E-state index contributed by atoms with van der Waals surface area (Å²) in [5.74, 6) is -0.327. The number of carbonyl (C=O) groups excluding carboxylic acids is 2. The van der Waals surface area contributed by atoms with Gasteiger partial charge < -0.3 is 15.2 Å². The summed E-state index contributed by atoms with van der Waals surface area (Å²) in [5, 5.41) is 11.9. The van der Waals surface area contributed by atoms with E-state index in [2.05, 4.69) is 5.32 Å². The Balaban J connectivity index is 2.39. The molecule has 0 atom stereocenters. The van der Waals surface area contributed by atoms with Crippen LogP contribution in [0.15, 0.2) is 35.5 Å². The Morgan fingerprint density at radius 2 is 2.05 bits per heavy atom. The third-order valence-corrected chi connectivity index (χ3v) is 3.02. The lowest BCUT2D eigenvalue weighted by Gasteiger charge is -2.30. The molecule has 20 heavy (non-hydrogen) atoms. The molecule has 0 aromatic heterocycles. The van der Waals surface area contributed by atoms with Gasteiger partial charge in [0, 0.05) is 5.70 Å². The van der Waals surface area contributed by atoms with Crippen LogP contribution in [-0.2, 0) is 9.53 Å². The number of phenols is 1. The lowest BCUT2D eigenvalue weighted by Crippen LogP contribution is -2.46. The molecule has 2 amide bonds. The van der Waals surface area contributed by atoms with E-state index in [1.54, 1.807) is 26.0 Å². The molecule has 0 aliphatic carbocycles. The second-order valence-electron chi connectivity index (χ2n) is 4.29. The van der Waals surface area contributed by atoms with E-state index in [9.17, 15) is 14.7 Å². The van der Waals surface area contributed by atoms with Crippen molar-refractivity contribution in [1.29, 1.82) is 0 Å². The molecule has 1 aromatic carbocycles. The fourth-order valence-corrected chi connectivity index (χ4v) is 2.01. The van der Waals surface area contributed by atoms with Crippen molar-refractivity contribution in [2.75, 3.05) is 18.1 Å². The number of aromatic hydroxyl groups is 1. The third kappa shape index (κ3) is 2.59. The van der Waals surface area contributed by atoms with Gasteiger partial charge in [-0.25, -0.2) is 9.59 Å². The number of urea groups is 1. The molecule has 2 N–H and O–H groups in total. The fourth-order valence-electron chi connectivity index (χ4n) is 2.01. The van der Waals surface area contributed by atoms with Crippen LogP contribution in [0.1, 0.15) is 13.8 Å². The highest BCUT2D eigenvalue weighted by atomic mass is 16.5. The Bertz CT molecular complexity index is 563. The van der Waals surface area contributed by atoms with Crippen LogP contribution in [-0.4, -0.2) is 30.3 Å². The number of ether oxygens (including phenoxy) is 1. The van der Waals surface area contributed by atoms with Crippen LogP contribution >= 0.6 is 0 Å². The van der Waals surface area contributed by atoms with Gasteiger partial charge in [0.25, 0.3) is 0 Å². The standard InChI is InChI=1S/C14H16N2O4/c1-3-20-13(18)12-8-15-14(19)16(9(12)2)10-4-6-11(17)7-5-10/h4-7,17H,3,8H2,1-2H3,(H,15,19). The Kier molecular flexibility index (Phi) is 3.93. The third-order valence-electron chi connectivity index (χ3n) is 3.02. The number of amides is 2. The zero-order chi connectivity index (χ0) is 14.7. The first kappa shape index (κ1) is 13.9. The average Bonchev–Trinajstić information content (AvgIpc) is 2.41. The SMILES string of the molecule is CCOC(=O)C1=C(C)N(c2ccc(O)cc2)C(=O)NC1. The zero-order valence-electron chi connectivity index (χ0n) is 11.3. The van der Waals surface area contributed by atoms with Crippen molar-refractivity contribution in [2.45, 2.75) is 13.8 Å². The molecule has 0 bridgehead atoms. The molecule has 1 aromatic rings. The topological polar surface area (TPSA) is 78.9 Å². The highest BCUT2D eigenvalue weighted by Crippen LogP contribution is 2.26. The molecule has 1 heterocycles. The van der Waals surface area contributed by atoms with Gasteiger partial charge in [-0.15, -0.1) is 0 Å². The summed E-state index contributed by atoms with van der Waals surface area (Å²) in [6.45, 7) is 3.85. The van der Waals surface area contributed by atoms with Gasteiger partial charge in [-0.2, -0.15) is 0 Å². The number of allylic oxidation sites excluding steroid dienone is 1. The number of benzene rings is 1. The Labute approximate surface area is 116 Å². The first-order valence-corrected chi connectivity index (χ1v) is 6.28. The second kappa shape index (κ2) is 5.64. The van der Waals surface area contributed by atoms with Crippen LogP contribution in [0.4, 0.5) is 10.5 Å². The molecule has 1 aliphatic rings. The molecular weight excluding hydrogens is 260 g/mol. The Morgan fingerprint density at radius 1 is 1.40 bits per heavy atom. The highest BCUT2D eigenvalue weighted by Gasteiger charge is 2.28. The first-order valence-electron chi connectivity index (χ1n) is 6.28. The van der Waals surface area contributed by atoms with Gasteiger partial charge in [0.05, 0.1) is 24.4 Å². The van der Waals surface area contributed by atoms with E-state index in [-0.39, 0.29) is 24.9 Å². The second-order valence-corrected chi connectivity index (χ2v) is 4.29. The van der Waals surface area contributed by atoms with Gasteiger partial charge in [0.2, 0.25) is 0 Å². The number of anilines is 1. The smallest absolute Gasteiger partial charge is 0.337 e. The van der Waals surface area contributed by atoms with Crippen LogP contribution in [0, 0.1) is 0 Å². The molecule has 106 valence electrons. The summed E-state index contributed by atoms with van der Waals surface area (Å²) >= 11 is 0. The number of hydrogen-bond donors (Lipinski definition) is 2. The lowest BCUT2D eigenvalue weighted by molar-refractivity contribution is -0.138. The molecule has 2 rings (SSSR count). The van der Waals surface area contributed by atoms with Crippen LogP contribution < -0.4 is 10.2 Å². The Hall–Kier alpha value is -2.50. The maximum Gasteiger partial charge on any atom is 0.337 e. The summed E-state index contributed by atoms with van der Waals surface area (Å²) in [6.07, 6.45) is 0. The number of carbonyl (C=O) groups is 2. The molecule has 0 fully saturated rings. The van der Waals surface area contributed by atoms with E-state index in [1.807, 2.05) is 0 Å². The molecule has 0 radical (unpaired) electrons. The monoisotopic (exact) mass is 276 g/mol. The predicted octanol–water partition coefficient (Wildman–Crippen LogP) is 1.76. The number of nitrogens with one attached hydrogen (secondary N) is 1. The summed E-state index contributed by atoms with van der Waals surface area (Å²) in [4.78, 5) is 25.2. The van der Waals surface area contributed by atoms with Crippen LogP contribution in [0.5, 0.6) is 5.75 Å². The van der Waals surface area contributed by atoms with Crippen LogP contribution in [0.2, 0.25) is 0 Å². The number of rotatable bonds is 3. The van der Waals surface area contributed by atoms with Gasteiger partial charge in [-0.1, -0.05) is 0 Å². The summed E-state index contributed by atoms with van der Waals surface area (Å²) < 4.78 is 4.98. The van der Waals surface area contributed by atoms with Gasteiger partial charge >= 0.3 is 12.0 Å². The molecule has 0 saturated heterocycles. The molecule has 0 unspecified atom stereocenters. The Morgan fingerprint density at radius 3 is 2.65 bits per heavy atom. The minimum absolute atomic E-state index is 0.110. The minimum Gasteiger partial charge on any atom is -0.508 e. The van der Waals surface area contributed by atoms with Crippen molar-refractivity contribution in [3.8, 4) is 5.75 Å². The minimum atomic E-state index is -0.436. The lowest BCUT2D eigenvalue weighted by atomic mass is 10.1. The first-order chi connectivity index (χ1) is 9.54. The van der Waals surface area contributed by atoms with Crippen molar-refractivity contribution in [3.05, 3.63) is 35.5 Å². The van der Waals surface area contributed by atoms with Crippen molar-refractivity contribution in [3.63, 3.8) is 0 Å². The normalized spacial score (nSPS) is 15.1. The zero-order valence-corrected chi connectivity index (χ0v) is 11.3. The van der Waals surface area contributed by atoms with Gasteiger partial charge in [0.1, 0.15) is 5.75 Å². The van der Waals surface area contributed by atoms with Crippen LogP contribution in [0.25, 0.3) is 0 Å².